The summed E-state index contributed by atoms with van der Waals surface area (Å²) in [6.07, 6.45) is 11.6. The van der Waals surface area contributed by atoms with E-state index in [1.165, 1.54) is 51.7 Å². The van der Waals surface area contributed by atoms with Crippen LogP contribution in [0.5, 0.6) is 0 Å². The lowest BCUT2D eigenvalue weighted by molar-refractivity contribution is 0.248. The van der Waals surface area contributed by atoms with Gasteiger partial charge in [0.05, 0.1) is 0 Å². The van der Waals surface area contributed by atoms with Gasteiger partial charge in [-0.3, -0.25) is 4.90 Å². The Morgan fingerprint density at radius 2 is 2.00 bits per heavy atom. The van der Waals surface area contributed by atoms with Gasteiger partial charge in [-0.05, 0) is 51.3 Å². The van der Waals surface area contributed by atoms with Gasteiger partial charge >= 0.3 is 0 Å². The maximum Gasteiger partial charge on any atom is 0.0230 e. The summed E-state index contributed by atoms with van der Waals surface area (Å²) in [4.78, 5) is 2.60. The molecule has 1 heterocycles. The molecular weight excluding hydrogens is 170 g/mol. The Labute approximate surface area is 87.5 Å². The van der Waals surface area contributed by atoms with E-state index >= 15 is 0 Å². The molecule has 0 aromatic heterocycles. The quantitative estimate of drug-likeness (QED) is 0.648. The lowest BCUT2D eigenvalue weighted by atomic mass is 10.00. The topological polar surface area (TPSA) is 3.24 Å². The molecule has 0 spiro atoms. The fourth-order valence-corrected chi connectivity index (χ4v) is 2.42. The van der Waals surface area contributed by atoms with Crippen LogP contribution in [-0.2, 0) is 0 Å². The van der Waals surface area contributed by atoms with Crippen LogP contribution in [0.4, 0.5) is 0 Å². The fraction of sp³-hybridized carbons (Fsp3) is 0.692. The molecule has 1 nitrogen and oxygen atoms in total. The highest BCUT2D eigenvalue weighted by Gasteiger charge is 2.11. The summed E-state index contributed by atoms with van der Waals surface area (Å²) >= 11 is 0. The van der Waals surface area contributed by atoms with E-state index < -0.39 is 0 Å². The highest BCUT2D eigenvalue weighted by molar-refractivity contribution is 5.28. The zero-order valence-electron chi connectivity index (χ0n) is 9.26. The van der Waals surface area contributed by atoms with Crippen molar-refractivity contribution < 1.29 is 0 Å². The van der Waals surface area contributed by atoms with E-state index in [-0.39, 0.29) is 0 Å². The molecule has 0 atom stereocenters. The third-order valence-corrected chi connectivity index (χ3v) is 3.23. The molecule has 0 bridgehead atoms. The molecule has 1 fully saturated rings. The second-order valence-corrected chi connectivity index (χ2v) is 4.65. The number of allylic oxidation sites excluding steroid dienone is 2. The van der Waals surface area contributed by atoms with E-state index in [4.69, 9.17) is 0 Å². The largest absolute Gasteiger partial charge is 0.299 e. The number of hydrogen-bond acceptors (Lipinski definition) is 1. The van der Waals surface area contributed by atoms with Gasteiger partial charge in [0.1, 0.15) is 0 Å². The van der Waals surface area contributed by atoms with E-state index in [0.29, 0.717) is 0 Å². The fourth-order valence-electron chi connectivity index (χ4n) is 2.42. The van der Waals surface area contributed by atoms with Crippen LogP contribution in [0.3, 0.4) is 0 Å². The van der Waals surface area contributed by atoms with Crippen molar-refractivity contribution >= 4 is 0 Å². The van der Waals surface area contributed by atoms with Gasteiger partial charge in [0.25, 0.3) is 0 Å². The minimum atomic E-state index is 1.19. The summed E-state index contributed by atoms with van der Waals surface area (Å²) in [7, 11) is 0. The maximum absolute atomic E-state index is 2.60. The molecule has 1 saturated heterocycles. The van der Waals surface area contributed by atoms with Crippen molar-refractivity contribution in [2.45, 2.75) is 39.0 Å². The second-order valence-electron chi connectivity index (χ2n) is 4.65. The van der Waals surface area contributed by atoms with Crippen molar-refractivity contribution in [2.24, 2.45) is 0 Å². The van der Waals surface area contributed by atoms with Gasteiger partial charge in [-0.1, -0.05) is 24.1 Å². The number of nitrogens with zero attached hydrogens (tertiary/aromatic N) is 1. The molecule has 0 radical (unpaired) electrons. The maximum atomic E-state index is 2.60. The highest BCUT2D eigenvalue weighted by Crippen LogP contribution is 2.19. The van der Waals surface area contributed by atoms with E-state index in [1.807, 2.05) is 0 Å². The molecule has 2 rings (SSSR count). The molecule has 0 unspecified atom stereocenters. The van der Waals surface area contributed by atoms with E-state index in [0.717, 1.165) is 0 Å². The average molecular weight is 191 g/mol. The van der Waals surface area contributed by atoms with Gasteiger partial charge in [-0.2, -0.15) is 0 Å². The first-order valence-electron chi connectivity index (χ1n) is 5.93. The molecule has 0 saturated carbocycles. The van der Waals surface area contributed by atoms with Crippen molar-refractivity contribution in [1.29, 1.82) is 0 Å². The van der Waals surface area contributed by atoms with E-state index in [9.17, 15) is 0 Å². The Morgan fingerprint density at radius 3 is 2.71 bits per heavy atom. The smallest absolute Gasteiger partial charge is 0.0230 e. The Balaban J connectivity index is 1.87. The molecule has 2 aliphatic rings. The first kappa shape index (κ1) is 9.97. The molecule has 78 valence electrons. The average Bonchev–Trinajstić information content (AvgIpc) is 2.19. The van der Waals surface area contributed by atoms with Crippen LogP contribution in [0.2, 0.25) is 0 Å². The molecule has 0 aromatic rings. The summed E-state index contributed by atoms with van der Waals surface area (Å²) in [5.74, 6) is 0. The SMILES string of the molecule is CC1=CC(CN2CCCCC2)=CCC1. The predicted molar refractivity (Wildman–Crippen MR) is 61.4 cm³/mol. The number of likely N-dealkylation sites (tertiary alicyclic amines) is 1. The van der Waals surface area contributed by atoms with Crippen molar-refractivity contribution in [3.8, 4) is 0 Å². The van der Waals surface area contributed by atoms with Gasteiger partial charge < -0.3 is 0 Å². The third-order valence-electron chi connectivity index (χ3n) is 3.23. The molecule has 0 amide bonds. The van der Waals surface area contributed by atoms with Crippen LogP contribution < -0.4 is 0 Å². The van der Waals surface area contributed by atoms with Crippen molar-refractivity contribution in [2.75, 3.05) is 19.6 Å². The van der Waals surface area contributed by atoms with Crippen LogP contribution in [0, 0.1) is 0 Å². The molecule has 1 heteroatoms. The van der Waals surface area contributed by atoms with Crippen LogP contribution in [-0.4, -0.2) is 24.5 Å². The molecule has 1 aliphatic heterocycles. The summed E-state index contributed by atoms with van der Waals surface area (Å²) in [6, 6.07) is 0. The van der Waals surface area contributed by atoms with Gasteiger partial charge in [0.15, 0.2) is 0 Å². The van der Waals surface area contributed by atoms with Gasteiger partial charge in [-0.25, -0.2) is 0 Å². The molecule has 0 aromatic carbocycles. The Hall–Kier alpha value is -0.560. The normalized spacial score (nSPS) is 24.4. The molecule has 14 heavy (non-hydrogen) atoms. The third kappa shape index (κ3) is 2.71. The number of rotatable bonds is 2. The van der Waals surface area contributed by atoms with E-state index in [1.54, 1.807) is 11.1 Å². The predicted octanol–water partition coefficient (Wildman–Crippen LogP) is 3.14. The van der Waals surface area contributed by atoms with Crippen LogP contribution in [0.15, 0.2) is 23.3 Å². The first-order valence-corrected chi connectivity index (χ1v) is 5.93. The first-order chi connectivity index (χ1) is 6.84. The zero-order chi connectivity index (χ0) is 9.80. The monoisotopic (exact) mass is 191 g/mol. The standard InChI is InChI=1S/C13H21N/c1-12-6-5-7-13(10-12)11-14-8-3-2-4-9-14/h7,10H,2-6,8-9,11H2,1H3. The van der Waals surface area contributed by atoms with Gasteiger partial charge in [0, 0.05) is 6.54 Å². The summed E-state index contributed by atoms with van der Waals surface area (Å²) < 4.78 is 0. The summed E-state index contributed by atoms with van der Waals surface area (Å²) in [5, 5.41) is 0. The van der Waals surface area contributed by atoms with Crippen molar-refractivity contribution in [3.63, 3.8) is 0 Å². The number of piperidine rings is 1. The minimum Gasteiger partial charge on any atom is -0.299 e. The van der Waals surface area contributed by atoms with E-state index in [2.05, 4.69) is 24.0 Å². The van der Waals surface area contributed by atoms with Crippen LogP contribution >= 0.6 is 0 Å². The Kier molecular flexibility index (Phi) is 3.41. The second kappa shape index (κ2) is 4.79. The van der Waals surface area contributed by atoms with Crippen molar-refractivity contribution in [3.05, 3.63) is 23.3 Å². The molecule has 0 N–H and O–H groups in total. The minimum absolute atomic E-state index is 1.19. The summed E-state index contributed by atoms with van der Waals surface area (Å²) in [5.41, 5.74) is 3.11. The zero-order valence-corrected chi connectivity index (χ0v) is 9.26. The van der Waals surface area contributed by atoms with Crippen LogP contribution in [0.1, 0.15) is 39.0 Å². The van der Waals surface area contributed by atoms with Gasteiger partial charge in [0.2, 0.25) is 0 Å². The number of hydrogen-bond donors (Lipinski definition) is 0. The van der Waals surface area contributed by atoms with Crippen LogP contribution in [0.25, 0.3) is 0 Å². The lowest BCUT2D eigenvalue weighted by Crippen LogP contribution is -2.31. The molecule has 1 aliphatic carbocycles. The Morgan fingerprint density at radius 1 is 1.21 bits per heavy atom. The van der Waals surface area contributed by atoms with Crippen molar-refractivity contribution in [1.82, 2.24) is 4.90 Å². The highest BCUT2D eigenvalue weighted by atomic mass is 15.1. The summed E-state index contributed by atoms with van der Waals surface area (Å²) in [6.45, 7) is 6.06. The molecular formula is C13H21N. The lowest BCUT2D eigenvalue weighted by Gasteiger charge is -2.27. The Bertz CT molecular complexity index is 244. The van der Waals surface area contributed by atoms with Gasteiger partial charge in [-0.15, -0.1) is 0 Å².